The predicted molar refractivity (Wildman–Crippen MR) is 42.5 cm³/mol. The molecule has 11 heavy (non-hydrogen) atoms. The second kappa shape index (κ2) is 3.11. The Morgan fingerprint density at radius 3 is 3.18 bits per heavy atom. The van der Waals surface area contributed by atoms with Gasteiger partial charge in [0.05, 0.1) is 12.2 Å². The molecule has 0 spiro atoms. The lowest BCUT2D eigenvalue weighted by Gasteiger charge is -2.18. The number of ether oxygens (including phenoxy) is 2. The van der Waals surface area contributed by atoms with Gasteiger partial charge in [0.15, 0.2) is 0 Å². The first-order chi connectivity index (χ1) is 5.42. The van der Waals surface area contributed by atoms with Crippen molar-refractivity contribution in [1.82, 2.24) is 0 Å². The highest BCUT2D eigenvalue weighted by Crippen LogP contribution is 2.38. The zero-order valence-electron chi connectivity index (χ0n) is 7.08. The SMILES string of the molecule is CCCOC1CCCC2OC12. The summed E-state index contributed by atoms with van der Waals surface area (Å²) in [7, 11) is 0. The molecule has 2 aliphatic rings. The van der Waals surface area contributed by atoms with Crippen LogP contribution in [0.4, 0.5) is 0 Å². The molecule has 2 fully saturated rings. The van der Waals surface area contributed by atoms with Crippen molar-refractivity contribution in [2.75, 3.05) is 6.61 Å². The Kier molecular flexibility index (Phi) is 2.14. The van der Waals surface area contributed by atoms with Gasteiger partial charge in [-0.25, -0.2) is 0 Å². The Bertz CT molecular complexity index is 136. The van der Waals surface area contributed by atoms with Crippen LogP contribution in [0, 0.1) is 0 Å². The minimum Gasteiger partial charge on any atom is -0.375 e. The average molecular weight is 156 g/mol. The third-order valence-corrected chi connectivity index (χ3v) is 2.50. The van der Waals surface area contributed by atoms with Gasteiger partial charge in [-0.15, -0.1) is 0 Å². The first-order valence-electron chi connectivity index (χ1n) is 4.69. The summed E-state index contributed by atoms with van der Waals surface area (Å²) < 4.78 is 11.1. The summed E-state index contributed by atoms with van der Waals surface area (Å²) in [6.45, 7) is 3.05. The number of rotatable bonds is 3. The first-order valence-corrected chi connectivity index (χ1v) is 4.69. The van der Waals surface area contributed by atoms with Gasteiger partial charge in [-0.3, -0.25) is 0 Å². The van der Waals surface area contributed by atoms with Gasteiger partial charge in [0.25, 0.3) is 0 Å². The van der Waals surface area contributed by atoms with Crippen molar-refractivity contribution < 1.29 is 9.47 Å². The highest BCUT2D eigenvalue weighted by Gasteiger charge is 2.47. The summed E-state index contributed by atoms with van der Waals surface area (Å²) in [6, 6.07) is 0. The Hall–Kier alpha value is -0.0800. The largest absolute Gasteiger partial charge is 0.375 e. The van der Waals surface area contributed by atoms with Crippen molar-refractivity contribution in [2.45, 2.75) is 50.9 Å². The number of hydrogen-bond acceptors (Lipinski definition) is 2. The molecule has 0 amide bonds. The zero-order valence-corrected chi connectivity index (χ0v) is 7.08. The molecule has 0 radical (unpaired) electrons. The van der Waals surface area contributed by atoms with E-state index in [1.807, 2.05) is 0 Å². The average Bonchev–Trinajstić information content (AvgIpc) is 2.79. The van der Waals surface area contributed by atoms with Crippen LogP contribution in [0.15, 0.2) is 0 Å². The van der Waals surface area contributed by atoms with E-state index < -0.39 is 0 Å². The minimum atomic E-state index is 0.425. The van der Waals surface area contributed by atoms with E-state index in [0.717, 1.165) is 13.0 Å². The van der Waals surface area contributed by atoms with E-state index in [0.29, 0.717) is 18.3 Å². The molecular weight excluding hydrogens is 140 g/mol. The molecule has 0 aromatic rings. The summed E-state index contributed by atoms with van der Waals surface area (Å²) >= 11 is 0. The van der Waals surface area contributed by atoms with Crippen LogP contribution in [0.2, 0.25) is 0 Å². The van der Waals surface area contributed by atoms with Crippen LogP contribution in [-0.4, -0.2) is 24.9 Å². The van der Waals surface area contributed by atoms with E-state index in [9.17, 15) is 0 Å². The van der Waals surface area contributed by atoms with Gasteiger partial charge in [-0.1, -0.05) is 6.92 Å². The summed E-state index contributed by atoms with van der Waals surface area (Å²) in [5.41, 5.74) is 0. The second-order valence-corrected chi connectivity index (χ2v) is 3.48. The van der Waals surface area contributed by atoms with Crippen molar-refractivity contribution in [1.29, 1.82) is 0 Å². The topological polar surface area (TPSA) is 21.8 Å². The van der Waals surface area contributed by atoms with Crippen molar-refractivity contribution in [3.63, 3.8) is 0 Å². The lowest BCUT2D eigenvalue weighted by molar-refractivity contribution is 0.0254. The van der Waals surface area contributed by atoms with Crippen molar-refractivity contribution in [2.24, 2.45) is 0 Å². The molecule has 2 nitrogen and oxygen atoms in total. The summed E-state index contributed by atoms with van der Waals surface area (Å²) in [4.78, 5) is 0. The maximum absolute atomic E-state index is 5.66. The monoisotopic (exact) mass is 156 g/mol. The quantitative estimate of drug-likeness (QED) is 0.580. The van der Waals surface area contributed by atoms with Crippen LogP contribution < -0.4 is 0 Å². The van der Waals surface area contributed by atoms with E-state index in [-0.39, 0.29) is 0 Å². The zero-order chi connectivity index (χ0) is 7.68. The van der Waals surface area contributed by atoms with Crippen molar-refractivity contribution >= 4 is 0 Å². The van der Waals surface area contributed by atoms with Crippen LogP contribution in [0.5, 0.6) is 0 Å². The molecule has 0 N–H and O–H groups in total. The molecule has 1 aliphatic heterocycles. The molecule has 1 saturated heterocycles. The van der Waals surface area contributed by atoms with E-state index in [2.05, 4.69) is 6.92 Å². The lowest BCUT2D eigenvalue weighted by atomic mass is 9.98. The van der Waals surface area contributed by atoms with E-state index in [1.165, 1.54) is 19.3 Å². The normalized spacial score (nSPS) is 41.7. The van der Waals surface area contributed by atoms with Crippen LogP contribution in [0.3, 0.4) is 0 Å². The number of hydrogen-bond donors (Lipinski definition) is 0. The molecule has 2 heteroatoms. The fraction of sp³-hybridized carbons (Fsp3) is 1.00. The molecule has 0 bridgehead atoms. The van der Waals surface area contributed by atoms with Crippen LogP contribution in [0.25, 0.3) is 0 Å². The molecule has 0 aromatic heterocycles. The first kappa shape index (κ1) is 7.56. The van der Waals surface area contributed by atoms with Crippen LogP contribution in [-0.2, 0) is 9.47 Å². The third kappa shape index (κ3) is 1.57. The number of epoxide rings is 1. The molecule has 0 aromatic carbocycles. The Morgan fingerprint density at radius 2 is 2.36 bits per heavy atom. The maximum atomic E-state index is 5.66. The Labute approximate surface area is 67.9 Å². The van der Waals surface area contributed by atoms with Gasteiger partial charge < -0.3 is 9.47 Å². The highest BCUT2D eigenvalue weighted by molar-refractivity contribution is 4.95. The lowest BCUT2D eigenvalue weighted by Crippen LogP contribution is -2.25. The van der Waals surface area contributed by atoms with E-state index >= 15 is 0 Å². The van der Waals surface area contributed by atoms with Crippen LogP contribution in [0.1, 0.15) is 32.6 Å². The van der Waals surface area contributed by atoms with E-state index in [4.69, 9.17) is 9.47 Å². The van der Waals surface area contributed by atoms with Crippen molar-refractivity contribution in [3.05, 3.63) is 0 Å². The molecular formula is C9H16O2. The summed E-state index contributed by atoms with van der Waals surface area (Å²) in [5.74, 6) is 0. The fourth-order valence-corrected chi connectivity index (χ4v) is 1.85. The molecule has 1 heterocycles. The minimum absolute atomic E-state index is 0.425. The highest BCUT2D eigenvalue weighted by atomic mass is 16.6. The predicted octanol–water partition coefficient (Wildman–Crippen LogP) is 1.73. The molecule has 64 valence electrons. The van der Waals surface area contributed by atoms with Gasteiger partial charge in [-0.2, -0.15) is 0 Å². The molecule has 3 atom stereocenters. The smallest absolute Gasteiger partial charge is 0.110 e. The van der Waals surface area contributed by atoms with Gasteiger partial charge in [0, 0.05) is 6.61 Å². The van der Waals surface area contributed by atoms with Gasteiger partial charge in [-0.05, 0) is 25.7 Å². The summed E-state index contributed by atoms with van der Waals surface area (Å²) in [5, 5.41) is 0. The van der Waals surface area contributed by atoms with Gasteiger partial charge >= 0.3 is 0 Å². The number of fused-ring (bicyclic) bond motifs is 1. The standard InChI is InChI=1S/C9H16O2/c1-2-6-10-7-4-3-5-8-9(7)11-8/h7-9H,2-6H2,1H3. The van der Waals surface area contributed by atoms with Gasteiger partial charge in [0.2, 0.25) is 0 Å². The van der Waals surface area contributed by atoms with Crippen molar-refractivity contribution in [3.8, 4) is 0 Å². The third-order valence-electron chi connectivity index (χ3n) is 2.50. The fourth-order valence-electron chi connectivity index (χ4n) is 1.85. The Morgan fingerprint density at radius 1 is 1.45 bits per heavy atom. The molecule has 1 aliphatic carbocycles. The van der Waals surface area contributed by atoms with Crippen LogP contribution >= 0.6 is 0 Å². The summed E-state index contributed by atoms with van der Waals surface area (Å²) in [6.07, 6.45) is 6.33. The molecule has 3 unspecified atom stereocenters. The maximum Gasteiger partial charge on any atom is 0.110 e. The Balaban J connectivity index is 1.75. The molecule has 2 rings (SSSR count). The second-order valence-electron chi connectivity index (χ2n) is 3.48. The van der Waals surface area contributed by atoms with Gasteiger partial charge in [0.1, 0.15) is 6.10 Å². The van der Waals surface area contributed by atoms with E-state index in [1.54, 1.807) is 0 Å². The molecule has 1 saturated carbocycles.